The lowest BCUT2D eigenvalue weighted by Crippen LogP contribution is -2.39. The third-order valence-corrected chi connectivity index (χ3v) is 2.94. The number of aliphatic hydroxyl groups is 1. The van der Waals surface area contributed by atoms with Gasteiger partial charge >= 0.3 is 0 Å². The summed E-state index contributed by atoms with van der Waals surface area (Å²) in [6, 6.07) is 0. The lowest BCUT2D eigenvalue weighted by molar-refractivity contribution is -0.121. The van der Waals surface area contributed by atoms with Crippen LogP contribution in [-0.2, 0) is 4.79 Å². The molecule has 0 aromatic carbocycles. The number of nitrogens with one attached hydrogen (secondary N) is 1. The van der Waals surface area contributed by atoms with E-state index in [1.54, 1.807) is 11.8 Å². The molecule has 2 N–H and O–H groups in total. The Morgan fingerprint density at radius 2 is 2.07 bits per heavy atom. The molecular formula is C11H23NO2S. The van der Waals surface area contributed by atoms with E-state index in [-0.39, 0.29) is 11.3 Å². The van der Waals surface area contributed by atoms with Crippen molar-refractivity contribution >= 4 is 17.7 Å². The van der Waals surface area contributed by atoms with Crippen LogP contribution in [0.3, 0.4) is 0 Å². The molecule has 0 aliphatic rings. The maximum atomic E-state index is 11.3. The second-order valence-corrected chi connectivity index (χ2v) is 5.77. The first kappa shape index (κ1) is 14.8. The van der Waals surface area contributed by atoms with Crippen molar-refractivity contribution in [2.24, 2.45) is 5.41 Å². The SMILES string of the molecule is CSCCCC(=O)NCC(O)C(C)(C)C. The van der Waals surface area contributed by atoms with Crippen LogP contribution in [0, 0.1) is 5.41 Å². The predicted octanol–water partition coefficient (Wildman–Crippen LogP) is 1.65. The second kappa shape index (κ2) is 7.12. The summed E-state index contributed by atoms with van der Waals surface area (Å²) in [4.78, 5) is 11.3. The third-order valence-electron chi connectivity index (χ3n) is 2.24. The summed E-state index contributed by atoms with van der Waals surface area (Å²) in [6.07, 6.45) is 3.00. The molecule has 0 aromatic rings. The zero-order chi connectivity index (χ0) is 11.9. The molecule has 1 unspecified atom stereocenters. The van der Waals surface area contributed by atoms with Crippen molar-refractivity contribution in [2.75, 3.05) is 18.6 Å². The number of hydrogen-bond acceptors (Lipinski definition) is 3. The van der Waals surface area contributed by atoms with Gasteiger partial charge in [0, 0.05) is 13.0 Å². The van der Waals surface area contributed by atoms with Gasteiger partial charge < -0.3 is 10.4 Å². The number of rotatable bonds is 6. The van der Waals surface area contributed by atoms with Crippen LogP contribution in [0.2, 0.25) is 0 Å². The Kier molecular flexibility index (Phi) is 7.02. The Bertz CT molecular complexity index is 190. The first-order valence-corrected chi connectivity index (χ1v) is 6.71. The topological polar surface area (TPSA) is 49.3 Å². The van der Waals surface area contributed by atoms with E-state index in [0.29, 0.717) is 13.0 Å². The largest absolute Gasteiger partial charge is 0.391 e. The summed E-state index contributed by atoms with van der Waals surface area (Å²) in [6.45, 7) is 6.22. The molecule has 1 amide bonds. The van der Waals surface area contributed by atoms with Crippen molar-refractivity contribution in [3.05, 3.63) is 0 Å². The molecule has 0 rings (SSSR count). The smallest absolute Gasteiger partial charge is 0.220 e. The van der Waals surface area contributed by atoms with E-state index in [2.05, 4.69) is 5.32 Å². The summed E-state index contributed by atoms with van der Waals surface area (Å²) >= 11 is 1.74. The predicted molar refractivity (Wildman–Crippen MR) is 66.1 cm³/mol. The summed E-state index contributed by atoms with van der Waals surface area (Å²) in [7, 11) is 0. The average Bonchev–Trinajstić information content (AvgIpc) is 2.13. The van der Waals surface area contributed by atoms with Crippen LogP contribution in [0.1, 0.15) is 33.6 Å². The van der Waals surface area contributed by atoms with Gasteiger partial charge in [0.25, 0.3) is 0 Å². The minimum absolute atomic E-state index is 0.0346. The molecule has 0 aliphatic carbocycles. The van der Waals surface area contributed by atoms with E-state index in [9.17, 15) is 9.90 Å². The van der Waals surface area contributed by atoms with Crippen molar-refractivity contribution in [3.8, 4) is 0 Å². The van der Waals surface area contributed by atoms with Crippen molar-refractivity contribution in [1.82, 2.24) is 5.32 Å². The fraction of sp³-hybridized carbons (Fsp3) is 0.909. The molecule has 1 atom stereocenters. The number of carbonyl (C=O) groups is 1. The number of amides is 1. The molecule has 0 spiro atoms. The monoisotopic (exact) mass is 233 g/mol. The highest BCUT2D eigenvalue weighted by molar-refractivity contribution is 7.98. The highest BCUT2D eigenvalue weighted by Crippen LogP contribution is 2.18. The first-order valence-electron chi connectivity index (χ1n) is 5.31. The lowest BCUT2D eigenvalue weighted by atomic mass is 9.89. The summed E-state index contributed by atoms with van der Waals surface area (Å²) in [5, 5.41) is 12.4. The molecule has 0 bridgehead atoms. The summed E-state index contributed by atoms with van der Waals surface area (Å²) < 4.78 is 0. The highest BCUT2D eigenvalue weighted by Gasteiger charge is 2.22. The van der Waals surface area contributed by atoms with Gasteiger partial charge in [0.05, 0.1) is 6.10 Å². The van der Waals surface area contributed by atoms with Crippen molar-refractivity contribution < 1.29 is 9.90 Å². The molecule has 3 nitrogen and oxygen atoms in total. The zero-order valence-electron chi connectivity index (χ0n) is 10.2. The normalized spacial score (nSPS) is 13.7. The van der Waals surface area contributed by atoms with Gasteiger partial charge in [0.15, 0.2) is 0 Å². The van der Waals surface area contributed by atoms with Crippen LogP contribution in [0.5, 0.6) is 0 Å². The molecule has 90 valence electrons. The Hall–Kier alpha value is -0.220. The minimum Gasteiger partial charge on any atom is -0.391 e. The third kappa shape index (κ3) is 7.68. The molecule has 0 saturated heterocycles. The van der Waals surface area contributed by atoms with Crippen LogP contribution in [-0.4, -0.2) is 35.7 Å². The van der Waals surface area contributed by atoms with Gasteiger partial charge in [-0.15, -0.1) is 0 Å². The first-order chi connectivity index (χ1) is 6.88. The molecular weight excluding hydrogens is 210 g/mol. The van der Waals surface area contributed by atoms with E-state index < -0.39 is 6.10 Å². The quantitative estimate of drug-likeness (QED) is 0.686. The van der Waals surface area contributed by atoms with Crippen LogP contribution in [0.25, 0.3) is 0 Å². The number of hydrogen-bond donors (Lipinski definition) is 2. The zero-order valence-corrected chi connectivity index (χ0v) is 11.0. The standard InChI is InChI=1S/C11H23NO2S/c1-11(2,3)9(13)8-12-10(14)6-5-7-15-4/h9,13H,5-8H2,1-4H3,(H,12,14). The van der Waals surface area contributed by atoms with E-state index in [1.165, 1.54) is 0 Å². The molecule has 0 radical (unpaired) electrons. The number of carbonyl (C=O) groups excluding carboxylic acids is 1. The molecule has 0 heterocycles. The van der Waals surface area contributed by atoms with Gasteiger partial charge in [0.2, 0.25) is 5.91 Å². The molecule has 0 saturated carbocycles. The van der Waals surface area contributed by atoms with Gasteiger partial charge in [-0.2, -0.15) is 11.8 Å². The van der Waals surface area contributed by atoms with Gasteiger partial charge in [-0.3, -0.25) is 4.79 Å². The fourth-order valence-electron chi connectivity index (χ4n) is 0.982. The molecule has 0 fully saturated rings. The van der Waals surface area contributed by atoms with E-state index in [4.69, 9.17) is 0 Å². The van der Waals surface area contributed by atoms with E-state index in [0.717, 1.165) is 12.2 Å². The van der Waals surface area contributed by atoms with E-state index >= 15 is 0 Å². The lowest BCUT2D eigenvalue weighted by Gasteiger charge is -2.25. The van der Waals surface area contributed by atoms with Gasteiger partial charge in [-0.25, -0.2) is 0 Å². The molecule has 15 heavy (non-hydrogen) atoms. The van der Waals surface area contributed by atoms with Crippen molar-refractivity contribution in [2.45, 2.75) is 39.7 Å². The number of thioether (sulfide) groups is 1. The van der Waals surface area contributed by atoms with Gasteiger partial charge in [0.1, 0.15) is 0 Å². The Balaban J connectivity index is 3.62. The molecule has 0 aliphatic heterocycles. The van der Waals surface area contributed by atoms with Crippen molar-refractivity contribution in [3.63, 3.8) is 0 Å². The summed E-state index contributed by atoms with van der Waals surface area (Å²) in [5.41, 5.74) is -0.174. The molecule has 0 aromatic heterocycles. The fourth-order valence-corrected chi connectivity index (χ4v) is 1.42. The summed E-state index contributed by atoms with van der Waals surface area (Å²) in [5.74, 6) is 1.04. The molecule has 4 heteroatoms. The maximum Gasteiger partial charge on any atom is 0.220 e. The second-order valence-electron chi connectivity index (χ2n) is 4.78. The number of aliphatic hydroxyl groups excluding tert-OH is 1. The van der Waals surface area contributed by atoms with Crippen LogP contribution < -0.4 is 5.32 Å². The maximum absolute atomic E-state index is 11.3. The Morgan fingerprint density at radius 1 is 1.47 bits per heavy atom. The average molecular weight is 233 g/mol. The minimum atomic E-state index is -0.484. The van der Waals surface area contributed by atoms with Crippen LogP contribution >= 0.6 is 11.8 Å². The van der Waals surface area contributed by atoms with E-state index in [1.807, 2.05) is 27.0 Å². The van der Waals surface area contributed by atoms with Crippen molar-refractivity contribution in [1.29, 1.82) is 0 Å². The highest BCUT2D eigenvalue weighted by atomic mass is 32.2. The van der Waals surface area contributed by atoms with Crippen LogP contribution in [0.15, 0.2) is 0 Å². The Morgan fingerprint density at radius 3 is 2.53 bits per heavy atom. The van der Waals surface area contributed by atoms with Gasteiger partial charge in [-0.1, -0.05) is 20.8 Å². The van der Waals surface area contributed by atoms with Gasteiger partial charge in [-0.05, 0) is 23.8 Å². The van der Waals surface area contributed by atoms with Crippen LogP contribution in [0.4, 0.5) is 0 Å². The Labute approximate surface area is 97.0 Å².